The molecule has 0 amide bonds. The van der Waals surface area contributed by atoms with E-state index in [2.05, 4.69) is 20.9 Å². The van der Waals surface area contributed by atoms with Crippen LogP contribution in [-0.4, -0.2) is 38.6 Å². The summed E-state index contributed by atoms with van der Waals surface area (Å²) < 4.78 is 58.9. The monoisotopic (exact) mass is 293 g/mol. The zero-order chi connectivity index (χ0) is 14.8. The van der Waals surface area contributed by atoms with Gasteiger partial charge in [0.25, 0.3) is 0 Å². The highest BCUT2D eigenvalue weighted by atomic mass is 32.2. The van der Waals surface area contributed by atoms with Crippen molar-refractivity contribution in [3.63, 3.8) is 0 Å². The first kappa shape index (κ1) is 20.0. The van der Waals surface area contributed by atoms with Crippen LogP contribution in [-0.2, 0) is 10.1 Å². The highest BCUT2D eigenvalue weighted by Gasteiger charge is 2.36. The van der Waals surface area contributed by atoms with Crippen LogP contribution < -0.4 is 4.90 Å². The summed E-state index contributed by atoms with van der Waals surface area (Å²) in [5.74, 6) is 0. The Hall–Kier alpha value is -0.340. The van der Waals surface area contributed by atoms with Gasteiger partial charge in [-0.2, -0.15) is 13.2 Å². The van der Waals surface area contributed by atoms with Gasteiger partial charge in [-0.15, -0.1) is 0 Å². The zero-order valence-electron chi connectivity index (χ0n) is 11.0. The lowest BCUT2D eigenvalue weighted by Crippen LogP contribution is -3.08. The smallest absolute Gasteiger partial charge is 0.485 e. The number of hydrogen-bond acceptors (Lipinski definition) is 3. The van der Waals surface area contributed by atoms with Gasteiger partial charge >= 0.3 is 5.51 Å². The molecule has 0 aromatic rings. The third kappa shape index (κ3) is 12.1. The number of hydrogen-bond donors (Lipinski definition) is 1. The Morgan fingerprint density at radius 3 is 1.50 bits per heavy atom. The van der Waals surface area contributed by atoms with Crippen molar-refractivity contribution in [1.29, 1.82) is 0 Å². The quantitative estimate of drug-likeness (QED) is 0.590. The summed E-state index contributed by atoms with van der Waals surface area (Å²) >= 11 is 0. The van der Waals surface area contributed by atoms with Gasteiger partial charge in [0.05, 0.1) is 20.1 Å². The van der Waals surface area contributed by atoms with Gasteiger partial charge in [0.15, 0.2) is 10.1 Å². The Bertz CT molecular complexity index is 283. The van der Waals surface area contributed by atoms with E-state index in [1.54, 1.807) is 4.90 Å². The number of quaternary nitrogens is 1. The normalized spacial score (nSPS) is 12.2. The fourth-order valence-corrected chi connectivity index (χ4v) is 1.08. The maximum Gasteiger partial charge on any atom is 0.485 e. The molecule has 0 rings (SSSR count). The van der Waals surface area contributed by atoms with Gasteiger partial charge in [-0.05, 0) is 12.8 Å². The van der Waals surface area contributed by atoms with Gasteiger partial charge in [0.1, 0.15) is 0 Å². The minimum absolute atomic E-state index is 1.34. The van der Waals surface area contributed by atoms with Crippen LogP contribution in [0.5, 0.6) is 0 Å². The topological polar surface area (TPSA) is 61.6 Å². The summed E-state index contributed by atoms with van der Waals surface area (Å²) in [6, 6.07) is 0. The molecule has 0 heterocycles. The highest BCUT2D eigenvalue weighted by Crippen LogP contribution is 2.20. The van der Waals surface area contributed by atoms with Crippen molar-refractivity contribution in [1.82, 2.24) is 0 Å². The molecule has 0 unspecified atom stereocenters. The average Bonchev–Trinajstić information content (AvgIpc) is 2.21. The minimum Gasteiger partial charge on any atom is -0.741 e. The van der Waals surface area contributed by atoms with E-state index in [1.807, 2.05) is 0 Å². The molecule has 1 N–H and O–H groups in total. The van der Waals surface area contributed by atoms with Gasteiger partial charge < -0.3 is 9.45 Å². The van der Waals surface area contributed by atoms with Crippen LogP contribution >= 0.6 is 0 Å². The van der Waals surface area contributed by atoms with Crippen LogP contribution in [0.15, 0.2) is 0 Å². The van der Waals surface area contributed by atoms with Gasteiger partial charge in [0, 0.05) is 0 Å². The van der Waals surface area contributed by atoms with Crippen LogP contribution in [0.25, 0.3) is 0 Å². The van der Waals surface area contributed by atoms with Gasteiger partial charge in [-0.1, -0.05) is 26.7 Å². The van der Waals surface area contributed by atoms with Gasteiger partial charge in [-0.3, -0.25) is 0 Å². The molecule has 0 aromatic heterocycles. The lowest BCUT2D eigenvalue weighted by Gasteiger charge is -2.11. The van der Waals surface area contributed by atoms with E-state index >= 15 is 0 Å². The second-order valence-corrected chi connectivity index (χ2v) is 5.44. The van der Waals surface area contributed by atoms with E-state index in [1.165, 1.54) is 38.8 Å². The molecule has 112 valence electrons. The van der Waals surface area contributed by atoms with Gasteiger partial charge in [0.2, 0.25) is 0 Å². The summed E-state index contributed by atoms with van der Waals surface area (Å²) in [5.41, 5.74) is -5.65. The van der Waals surface area contributed by atoms with E-state index < -0.39 is 15.6 Å². The van der Waals surface area contributed by atoms with Crippen LogP contribution in [0.3, 0.4) is 0 Å². The molecule has 0 fully saturated rings. The summed E-state index contributed by atoms with van der Waals surface area (Å²) in [6.45, 7) is 7.23. The maximum atomic E-state index is 10.7. The Kier molecular flexibility index (Phi) is 10.6. The number of nitrogens with one attached hydrogen (secondary N) is 1. The number of rotatable bonds is 6. The molecule has 8 heteroatoms. The van der Waals surface area contributed by atoms with E-state index in [9.17, 15) is 13.2 Å². The predicted molar refractivity (Wildman–Crippen MR) is 62.2 cm³/mol. The second kappa shape index (κ2) is 9.57. The first-order valence-corrected chi connectivity index (χ1v) is 7.30. The first-order chi connectivity index (χ1) is 8.06. The molecule has 0 bridgehead atoms. The van der Waals surface area contributed by atoms with E-state index in [-0.39, 0.29) is 0 Å². The van der Waals surface area contributed by atoms with Crippen LogP contribution in [0.2, 0.25) is 0 Å². The van der Waals surface area contributed by atoms with E-state index in [4.69, 9.17) is 13.0 Å². The number of unbranched alkanes of at least 4 members (excludes halogenated alkanes) is 2. The summed E-state index contributed by atoms with van der Waals surface area (Å²) in [6.07, 6.45) is 5.44. The molecular formula is C10H22F3NO3S. The largest absolute Gasteiger partial charge is 0.741 e. The van der Waals surface area contributed by atoms with Crippen molar-refractivity contribution >= 4 is 10.1 Å². The Morgan fingerprint density at radius 2 is 1.33 bits per heavy atom. The van der Waals surface area contributed by atoms with Crippen molar-refractivity contribution < 1.29 is 31.0 Å². The number of halogens is 3. The molecule has 0 aliphatic rings. The molecule has 0 saturated heterocycles. The van der Waals surface area contributed by atoms with Crippen molar-refractivity contribution in [3.05, 3.63) is 0 Å². The van der Waals surface area contributed by atoms with Crippen LogP contribution in [0, 0.1) is 0 Å². The third-order valence-corrected chi connectivity index (χ3v) is 2.76. The Morgan fingerprint density at radius 1 is 1.06 bits per heavy atom. The molecule has 0 atom stereocenters. The molecule has 4 nitrogen and oxygen atoms in total. The third-order valence-electron chi connectivity index (χ3n) is 2.20. The summed E-state index contributed by atoms with van der Waals surface area (Å²) in [4.78, 5) is 1.70. The fraction of sp³-hybridized carbons (Fsp3) is 1.00. The first-order valence-electron chi connectivity index (χ1n) is 5.89. The lowest BCUT2D eigenvalue weighted by molar-refractivity contribution is -0.880. The maximum absolute atomic E-state index is 10.7. The van der Waals surface area contributed by atoms with Crippen molar-refractivity contribution in [2.75, 3.05) is 20.1 Å². The predicted octanol–water partition coefficient (Wildman–Crippen LogP) is 1.15. The van der Waals surface area contributed by atoms with E-state index in [0.29, 0.717) is 0 Å². The van der Waals surface area contributed by atoms with Crippen molar-refractivity contribution in [2.24, 2.45) is 0 Å². The molecule has 0 spiro atoms. The number of alkyl halides is 3. The van der Waals surface area contributed by atoms with Gasteiger partial charge in [-0.25, -0.2) is 8.42 Å². The average molecular weight is 293 g/mol. The second-order valence-electron chi connectivity index (χ2n) is 4.06. The zero-order valence-corrected chi connectivity index (χ0v) is 11.8. The Balaban J connectivity index is 0. The molecule has 0 aromatic carbocycles. The van der Waals surface area contributed by atoms with E-state index in [0.717, 1.165) is 0 Å². The molecule has 0 aliphatic carbocycles. The molecule has 0 saturated carbocycles. The SMILES string of the molecule is CCCC[NH+](C)CCCC.O=S(=O)([O-])C(F)(F)F. The molecule has 18 heavy (non-hydrogen) atoms. The standard InChI is InChI=1S/C9H21N.CHF3O3S/c1-4-6-8-10(3)9-7-5-2;2-1(3,4)8(5,6)7/h4-9H2,1-3H3;(H,5,6,7). The fourth-order valence-electron chi connectivity index (χ4n) is 1.08. The Labute approximate surface area is 107 Å². The summed E-state index contributed by atoms with van der Waals surface area (Å²) in [5, 5.41) is 0. The van der Waals surface area contributed by atoms with Crippen LogP contribution in [0.1, 0.15) is 39.5 Å². The molecular weight excluding hydrogens is 271 g/mol. The highest BCUT2D eigenvalue weighted by molar-refractivity contribution is 7.86. The summed E-state index contributed by atoms with van der Waals surface area (Å²) in [7, 11) is -3.79. The van der Waals surface area contributed by atoms with Crippen LogP contribution in [0.4, 0.5) is 13.2 Å². The minimum atomic E-state index is -6.09. The van der Waals surface area contributed by atoms with Crippen molar-refractivity contribution in [2.45, 2.75) is 45.0 Å². The lowest BCUT2D eigenvalue weighted by atomic mass is 10.3. The van der Waals surface area contributed by atoms with Crippen molar-refractivity contribution in [3.8, 4) is 0 Å². The molecule has 0 radical (unpaired) electrons. The molecule has 0 aliphatic heterocycles.